The topological polar surface area (TPSA) is 37.8 Å². The summed E-state index contributed by atoms with van der Waals surface area (Å²) in [5.74, 6) is 0.745. The molecule has 0 amide bonds. The first kappa shape index (κ1) is 16.1. The Kier molecular flexibility index (Phi) is 4.38. The van der Waals surface area contributed by atoms with Crippen LogP contribution in [0, 0.1) is 0 Å². The number of hydrogen-bond acceptors (Lipinski definition) is 4. The summed E-state index contributed by atoms with van der Waals surface area (Å²) in [4.78, 5) is 10.9. The summed E-state index contributed by atoms with van der Waals surface area (Å²) in [5, 5.41) is 4.68. The number of nitrogens with zero attached hydrogens (tertiary/aromatic N) is 2. The number of thiophene rings is 1. The molecule has 3 nitrogen and oxygen atoms in total. The van der Waals surface area contributed by atoms with Gasteiger partial charge in [-0.25, -0.2) is 4.98 Å². The smallest absolute Gasteiger partial charge is 0.225 e. The highest BCUT2D eigenvalue weighted by atomic mass is 35.5. The summed E-state index contributed by atoms with van der Waals surface area (Å²) in [7, 11) is 0. The van der Waals surface area contributed by atoms with E-state index in [1.54, 1.807) is 11.3 Å². The van der Waals surface area contributed by atoms with Crippen molar-refractivity contribution >= 4 is 44.7 Å². The zero-order valence-corrected chi connectivity index (χ0v) is 15.2. The Labute approximate surface area is 155 Å². The van der Waals surface area contributed by atoms with Crippen molar-refractivity contribution in [3.8, 4) is 10.4 Å². The van der Waals surface area contributed by atoms with E-state index in [0.29, 0.717) is 0 Å². The van der Waals surface area contributed by atoms with Crippen molar-refractivity contribution in [2.45, 2.75) is 13.3 Å². The third-order valence-electron chi connectivity index (χ3n) is 4.08. The second-order valence-electron chi connectivity index (χ2n) is 5.67. The van der Waals surface area contributed by atoms with Gasteiger partial charge in [-0.1, -0.05) is 55.5 Å². The van der Waals surface area contributed by atoms with Gasteiger partial charge in [0.15, 0.2) is 0 Å². The van der Waals surface area contributed by atoms with Gasteiger partial charge in [-0.15, -0.1) is 11.3 Å². The van der Waals surface area contributed by atoms with E-state index in [-0.39, 0.29) is 5.28 Å². The van der Waals surface area contributed by atoms with Gasteiger partial charge in [0.1, 0.15) is 10.6 Å². The molecule has 0 aliphatic carbocycles. The predicted molar refractivity (Wildman–Crippen MR) is 107 cm³/mol. The summed E-state index contributed by atoms with van der Waals surface area (Å²) in [5.41, 5.74) is 3.46. The van der Waals surface area contributed by atoms with E-state index in [4.69, 9.17) is 11.6 Å². The van der Waals surface area contributed by atoms with E-state index in [2.05, 4.69) is 52.5 Å². The Morgan fingerprint density at radius 1 is 1.00 bits per heavy atom. The Morgan fingerprint density at radius 2 is 1.76 bits per heavy atom. The molecule has 2 aromatic heterocycles. The average molecular weight is 366 g/mol. The largest absolute Gasteiger partial charge is 0.339 e. The number of aryl methyl sites for hydroxylation is 1. The molecule has 0 aliphatic rings. The third kappa shape index (κ3) is 3.23. The number of aromatic nitrogens is 2. The van der Waals surface area contributed by atoms with Crippen LogP contribution in [0.1, 0.15) is 12.5 Å². The zero-order valence-electron chi connectivity index (χ0n) is 13.7. The highest BCUT2D eigenvalue weighted by Gasteiger charge is 2.13. The highest BCUT2D eigenvalue weighted by molar-refractivity contribution is 7.22. The monoisotopic (exact) mass is 365 g/mol. The molecule has 4 aromatic rings. The van der Waals surface area contributed by atoms with E-state index in [0.717, 1.165) is 33.0 Å². The molecule has 0 unspecified atom stereocenters. The van der Waals surface area contributed by atoms with Crippen molar-refractivity contribution in [2.75, 3.05) is 5.32 Å². The normalized spacial score (nSPS) is 11.0. The minimum absolute atomic E-state index is 0.255. The van der Waals surface area contributed by atoms with E-state index >= 15 is 0 Å². The van der Waals surface area contributed by atoms with Crippen LogP contribution < -0.4 is 5.32 Å². The number of benzene rings is 2. The van der Waals surface area contributed by atoms with Gasteiger partial charge >= 0.3 is 0 Å². The molecule has 1 N–H and O–H groups in total. The summed E-state index contributed by atoms with van der Waals surface area (Å²) < 4.78 is 0. The number of anilines is 2. The van der Waals surface area contributed by atoms with Crippen molar-refractivity contribution in [3.63, 3.8) is 0 Å². The van der Waals surface area contributed by atoms with E-state index in [1.165, 1.54) is 11.1 Å². The van der Waals surface area contributed by atoms with Gasteiger partial charge in [-0.05, 0) is 41.3 Å². The SMILES string of the molecule is CCc1ccccc1Nc1nc(Cl)nc2sc(-c3ccccc3)cc12. The van der Waals surface area contributed by atoms with Gasteiger partial charge in [0.2, 0.25) is 5.28 Å². The van der Waals surface area contributed by atoms with E-state index < -0.39 is 0 Å². The van der Waals surface area contributed by atoms with Crippen LogP contribution in [-0.4, -0.2) is 9.97 Å². The molecule has 2 heterocycles. The Bertz CT molecular complexity index is 1030. The van der Waals surface area contributed by atoms with Crippen LogP contribution in [0.5, 0.6) is 0 Å². The first-order chi connectivity index (χ1) is 12.2. The predicted octanol–water partition coefficient (Wildman–Crippen LogP) is 6.32. The number of fused-ring (bicyclic) bond motifs is 1. The fraction of sp³-hybridized carbons (Fsp3) is 0.100. The van der Waals surface area contributed by atoms with Crippen LogP contribution >= 0.6 is 22.9 Å². The Balaban J connectivity index is 1.82. The number of hydrogen-bond donors (Lipinski definition) is 1. The third-order valence-corrected chi connectivity index (χ3v) is 5.32. The molecule has 0 aliphatic heterocycles. The zero-order chi connectivity index (χ0) is 17.2. The van der Waals surface area contributed by atoms with Gasteiger partial charge in [0.05, 0.1) is 5.39 Å². The number of para-hydroxylation sites is 1. The van der Waals surface area contributed by atoms with Gasteiger partial charge in [0, 0.05) is 10.6 Å². The van der Waals surface area contributed by atoms with Crippen molar-refractivity contribution in [3.05, 3.63) is 71.5 Å². The molecule has 2 aromatic carbocycles. The molecule has 124 valence electrons. The minimum Gasteiger partial charge on any atom is -0.339 e. The maximum atomic E-state index is 6.16. The van der Waals surface area contributed by atoms with Gasteiger partial charge < -0.3 is 5.32 Å². The quantitative estimate of drug-likeness (QED) is 0.430. The molecule has 5 heteroatoms. The molecular formula is C20H16ClN3S. The van der Waals surface area contributed by atoms with Crippen LogP contribution in [-0.2, 0) is 6.42 Å². The molecule has 0 saturated heterocycles. The van der Waals surface area contributed by atoms with Crippen molar-refractivity contribution in [1.82, 2.24) is 9.97 Å². The van der Waals surface area contributed by atoms with Gasteiger partial charge in [-0.3, -0.25) is 0 Å². The Morgan fingerprint density at radius 3 is 2.56 bits per heavy atom. The minimum atomic E-state index is 0.255. The van der Waals surface area contributed by atoms with Crippen LogP contribution in [0.15, 0.2) is 60.7 Å². The summed E-state index contributed by atoms with van der Waals surface area (Å²) in [6.45, 7) is 2.14. The second kappa shape index (κ2) is 6.82. The van der Waals surface area contributed by atoms with Crippen LogP contribution in [0.2, 0.25) is 5.28 Å². The van der Waals surface area contributed by atoms with E-state index in [9.17, 15) is 0 Å². The fourth-order valence-corrected chi connectivity index (χ4v) is 4.07. The molecule has 0 atom stereocenters. The van der Waals surface area contributed by atoms with Gasteiger partial charge in [-0.2, -0.15) is 4.98 Å². The average Bonchev–Trinajstić information content (AvgIpc) is 3.07. The standard InChI is InChI=1S/C20H16ClN3S/c1-2-13-8-6-7-11-16(13)22-18-15-12-17(14-9-4-3-5-10-14)25-19(15)24-20(21)23-18/h3-12H,2H2,1H3,(H,22,23,24). The number of rotatable bonds is 4. The number of nitrogens with one attached hydrogen (secondary N) is 1. The summed E-state index contributed by atoms with van der Waals surface area (Å²) in [6, 6.07) is 20.7. The van der Waals surface area contributed by atoms with Crippen molar-refractivity contribution in [2.24, 2.45) is 0 Å². The summed E-state index contributed by atoms with van der Waals surface area (Å²) >= 11 is 7.79. The fourth-order valence-electron chi connectivity index (χ4n) is 2.81. The molecular weight excluding hydrogens is 350 g/mol. The maximum Gasteiger partial charge on any atom is 0.225 e. The molecule has 4 rings (SSSR count). The van der Waals surface area contributed by atoms with Crippen LogP contribution in [0.4, 0.5) is 11.5 Å². The molecule has 0 saturated carbocycles. The lowest BCUT2D eigenvalue weighted by molar-refractivity contribution is 1.14. The van der Waals surface area contributed by atoms with Crippen LogP contribution in [0.25, 0.3) is 20.7 Å². The van der Waals surface area contributed by atoms with Crippen molar-refractivity contribution in [1.29, 1.82) is 0 Å². The lowest BCUT2D eigenvalue weighted by Gasteiger charge is -2.11. The molecule has 0 fully saturated rings. The highest BCUT2D eigenvalue weighted by Crippen LogP contribution is 2.37. The molecule has 0 spiro atoms. The van der Waals surface area contributed by atoms with Gasteiger partial charge in [0.25, 0.3) is 0 Å². The molecule has 0 bridgehead atoms. The first-order valence-corrected chi connectivity index (χ1v) is 9.31. The maximum absolute atomic E-state index is 6.16. The second-order valence-corrected chi connectivity index (χ2v) is 7.04. The Hall–Kier alpha value is -2.43. The number of halogens is 1. The lowest BCUT2D eigenvalue weighted by atomic mass is 10.1. The first-order valence-electron chi connectivity index (χ1n) is 8.12. The molecule has 0 radical (unpaired) electrons. The van der Waals surface area contributed by atoms with E-state index in [1.807, 2.05) is 30.3 Å². The molecule has 25 heavy (non-hydrogen) atoms. The van der Waals surface area contributed by atoms with Crippen molar-refractivity contribution < 1.29 is 0 Å². The summed E-state index contributed by atoms with van der Waals surface area (Å²) in [6.07, 6.45) is 0.948. The van der Waals surface area contributed by atoms with Crippen LogP contribution in [0.3, 0.4) is 0 Å². The lowest BCUT2D eigenvalue weighted by Crippen LogP contribution is -1.98.